The van der Waals surface area contributed by atoms with Crippen molar-refractivity contribution in [3.8, 4) is 0 Å². The third-order valence-electron chi connectivity index (χ3n) is 5.49. The number of hydrogen-bond acceptors (Lipinski definition) is 1. The maximum Gasteiger partial charge on any atom is 0.0459 e. The van der Waals surface area contributed by atoms with Gasteiger partial charge in [0, 0.05) is 6.61 Å². The van der Waals surface area contributed by atoms with E-state index in [2.05, 4.69) is 12.7 Å². The van der Waals surface area contributed by atoms with Gasteiger partial charge in [0.2, 0.25) is 0 Å². The number of aliphatic hydroxyl groups excluding tert-OH is 1. The Morgan fingerprint density at radius 3 is 1.78 bits per heavy atom. The van der Waals surface area contributed by atoms with E-state index in [1.165, 1.54) is 64.2 Å². The Kier molecular flexibility index (Phi) is 5.75. The second-order valence-corrected chi connectivity index (χ2v) is 6.61. The van der Waals surface area contributed by atoms with Gasteiger partial charge in [-0.2, -0.15) is 0 Å². The average Bonchev–Trinajstić information content (AvgIpc) is 2.46. The maximum absolute atomic E-state index is 9.20. The van der Waals surface area contributed by atoms with Gasteiger partial charge in [-0.25, -0.2) is 0 Å². The smallest absolute Gasteiger partial charge is 0.0459 e. The molecule has 2 fully saturated rings. The summed E-state index contributed by atoms with van der Waals surface area (Å²) in [5.74, 6) is 3.58. The van der Waals surface area contributed by atoms with E-state index in [4.69, 9.17) is 0 Å². The lowest BCUT2D eigenvalue weighted by Crippen LogP contribution is -2.26. The van der Waals surface area contributed by atoms with Gasteiger partial charge in [0.15, 0.2) is 0 Å². The molecule has 2 aliphatic rings. The molecular weight excluding hydrogens is 220 g/mol. The SMILES string of the molecule is C=CCC[C@H]1CC[C@H](C2CCC(CO)CC2)CC1. The summed E-state index contributed by atoms with van der Waals surface area (Å²) in [6, 6.07) is 0. The van der Waals surface area contributed by atoms with Gasteiger partial charge in [0.25, 0.3) is 0 Å². The van der Waals surface area contributed by atoms with E-state index in [0.717, 1.165) is 17.8 Å². The predicted octanol–water partition coefficient (Wildman–Crippen LogP) is 4.56. The van der Waals surface area contributed by atoms with Crippen LogP contribution in [0.3, 0.4) is 0 Å². The van der Waals surface area contributed by atoms with Crippen LogP contribution < -0.4 is 0 Å². The molecule has 0 aliphatic heterocycles. The topological polar surface area (TPSA) is 20.2 Å². The van der Waals surface area contributed by atoms with Crippen LogP contribution in [0.2, 0.25) is 0 Å². The lowest BCUT2D eigenvalue weighted by molar-refractivity contribution is 0.116. The second kappa shape index (κ2) is 7.33. The first-order valence-corrected chi connectivity index (χ1v) is 8.05. The van der Waals surface area contributed by atoms with Gasteiger partial charge in [-0.05, 0) is 75.0 Å². The first-order chi connectivity index (χ1) is 8.83. The van der Waals surface area contributed by atoms with Gasteiger partial charge in [-0.1, -0.05) is 18.9 Å². The number of aliphatic hydroxyl groups is 1. The Bertz CT molecular complexity index is 232. The Morgan fingerprint density at radius 2 is 1.33 bits per heavy atom. The van der Waals surface area contributed by atoms with Crippen LogP contribution in [0.4, 0.5) is 0 Å². The lowest BCUT2D eigenvalue weighted by Gasteiger charge is -2.37. The van der Waals surface area contributed by atoms with Gasteiger partial charge in [-0.3, -0.25) is 0 Å². The summed E-state index contributed by atoms with van der Waals surface area (Å²) < 4.78 is 0. The molecule has 0 amide bonds. The molecule has 2 rings (SSSR count). The minimum Gasteiger partial charge on any atom is -0.396 e. The quantitative estimate of drug-likeness (QED) is 0.709. The third-order valence-corrected chi connectivity index (χ3v) is 5.49. The van der Waals surface area contributed by atoms with Crippen LogP contribution in [0.1, 0.15) is 64.2 Å². The molecule has 0 aromatic heterocycles. The molecule has 1 N–H and O–H groups in total. The first-order valence-electron chi connectivity index (χ1n) is 8.05. The molecule has 0 aromatic rings. The van der Waals surface area contributed by atoms with Crippen molar-refractivity contribution in [1.29, 1.82) is 0 Å². The molecule has 0 aromatic carbocycles. The Morgan fingerprint density at radius 1 is 0.833 bits per heavy atom. The summed E-state index contributed by atoms with van der Waals surface area (Å²) in [5, 5.41) is 9.20. The van der Waals surface area contributed by atoms with Crippen LogP contribution in [0.5, 0.6) is 0 Å². The molecule has 0 saturated heterocycles. The summed E-state index contributed by atoms with van der Waals surface area (Å²) in [6.07, 6.45) is 15.8. The van der Waals surface area contributed by atoms with Crippen LogP contribution in [0.15, 0.2) is 12.7 Å². The third kappa shape index (κ3) is 3.85. The van der Waals surface area contributed by atoms with Crippen molar-refractivity contribution >= 4 is 0 Å². The normalized spacial score (nSPS) is 37.4. The predicted molar refractivity (Wildman–Crippen MR) is 77.4 cm³/mol. The van der Waals surface area contributed by atoms with Crippen LogP contribution in [-0.2, 0) is 0 Å². The van der Waals surface area contributed by atoms with Gasteiger partial charge in [0.05, 0.1) is 0 Å². The minimum atomic E-state index is 0.418. The minimum absolute atomic E-state index is 0.418. The molecule has 2 saturated carbocycles. The molecule has 1 heteroatoms. The van der Waals surface area contributed by atoms with E-state index < -0.39 is 0 Å². The Hall–Kier alpha value is -0.300. The number of allylic oxidation sites excluding steroid dienone is 1. The molecule has 2 aliphatic carbocycles. The van der Waals surface area contributed by atoms with Crippen LogP contribution >= 0.6 is 0 Å². The molecule has 1 nitrogen and oxygen atoms in total. The standard InChI is InChI=1S/C17H30O/c1-2-3-4-14-5-9-16(10-6-14)17-11-7-15(13-18)8-12-17/h2,14-18H,1,3-13H2/t14-,15?,16-,17?. The van der Waals surface area contributed by atoms with Gasteiger partial charge >= 0.3 is 0 Å². The van der Waals surface area contributed by atoms with E-state index in [-0.39, 0.29) is 0 Å². The fourth-order valence-corrected chi connectivity index (χ4v) is 4.14. The highest BCUT2D eigenvalue weighted by Gasteiger charge is 2.30. The molecule has 0 unspecified atom stereocenters. The average molecular weight is 250 g/mol. The summed E-state index contributed by atoms with van der Waals surface area (Å²) in [5.41, 5.74) is 0. The van der Waals surface area contributed by atoms with Gasteiger partial charge < -0.3 is 5.11 Å². The second-order valence-electron chi connectivity index (χ2n) is 6.61. The monoisotopic (exact) mass is 250 g/mol. The zero-order chi connectivity index (χ0) is 12.8. The Labute approximate surface area is 113 Å². The highest BCUT2D eigenvalue weighted by molar-refractivity contribution is 4.82. The molecule has 104 valence electrons. The molecule has 0 spiro atoms. The largest absolute Gasteiger partial charge is 0.396 e. The zero-order valence-electron chi connectivity index (χ0n) is 11.8. The van der Waals surface area contributed by atoms with Crippen molar-refractivity contribution in [3.63, 3.8) is 0 Å². The summed E-state index contributed by atoms with van der Waals surface area (Å²) in [4.78, 5) is 0. The van der Waals surface area contributed by atoms with Gasteiger partial charge in [-0.15, -0.1) is 6.58 Å². The van der Waals surface area contributed by atoms with Crippen LogP contribution in [0, 0.1) is 23.7 Å². The van der Waals surface area contributed by atoms with Crippen molar-refractivity contribution in [2.24, 2.45) is 23.7 Å². The van der Waals surface area contributed by atoms with E-state index in [1.54, 1.807) is 0 Å². The maximum atomic E-state index is 9.20. The summed E-state index contributed by atoms with van der Waals surface area (Å²) in [7, 11) is 0. The van der Waals surface area contributed by atoms with E-state index in [1.807, 2.05) is 0 Å². The summed E-state index contributed by atoms with van der Waals surface area (Å²) >= 11 is 0. The van der Waals surface area contributed by atoms with Crippen molar-refractivity contribution in [1.82, 2.24) is 0 Å². The highest BCUT2D eigenvalue weighted by Crippen LogP contribution is 2.42. The van der Waals surface area contributed by atoms with Crippen molar-refractivity contribution < 1.29 is 5.11 Å². The lowest BCUT2D eigenvalue weighted by atomic mass is 9.69. The van der Waals surface area contributed by atoms with Crippen LogP contribution in [-0.4, -0.2) is 11.7 Å². The van der Waals surface area contributed by atoms with Crippen molar-refractivity contribution in [2.75, 3.05) is 6.61 Å². The summed E-state index contributed by atoms with van der Waals surface area (Å²) in [6.45, 7) is 4.25. The highest BCUT2D eigenvalue weighted by atomic mass is 16.3. The zero-order valence-corrected chi connectivity index (χ0v) is 11.8. The molecule has 0 bridgehead atoms. The first kappa shape index (κ1) is 14.1. The molecule has 18 heavy (non-hydrogen) atoms. The fourth-order valence-electron chi connectivity index (χ4n) is 4.14. The van der Waals surface area contributed by atoms with Gasteiger partial charge in [0.1, 0.15) is 0 Å². The molecular formula is C17H30O. The van der Waals surface area contributed by atoms with Crippen molar-refractivity contribution in [2.45, 2.75) is 64.2 Å². The Balaban J connectivity index is 1.68. The van der Waals surface area contributed by atoms with Crippen molar-refractivity contribution in [3.05, 3.63) is 12.7 Å². The van der Waals surface area contributed by atoms with Crippen LogP contribution in [0.25, 0.3) is 0 Å². The molecule has 0 atom stereocenters. The fraction of sp³-hybridized carbons (Fsp3) is 0.882. The van der Waals surface area contributed by atoms with E-state index in [9.17, 15) is 5.11 Å². The number of rotatable bonds is 5. The van der Waals surface area contributed by atoms with E-state index in [0.29, 0.717) is 12.5 Å². The molecule has 0 radical (unpaired) electrons. The van der Waals surface area contributed by atoms with E-state index >= 15 is 0 Å². The molecule has 0 heterocycles. The number of hydrogen-bond donors (Lipinski definition) is 1.